The molecule has 1 N–H and O–H groups in total. The Morgan fingerprint density at radius 3 is 2.13 bits per heavy atom. The fourth-order valence-electron chi connectivity index (χ4n) is 1.66. The second-order valence-corrected chi connectivity index (χ2v) is 3.77. The van der Waals surface area contributed by atoms with Crippen LogP contribution in [-0.4, -0.2) is 23.7 Å². The maximum Gasteiger partial charge on any atom is 0.327 e. The van der Waals surface area contributed by atoms with Gasteiger partial charge in [-0.25, -0.2) is 0 Å². The van der Waals surface area contributed by atoms with Crippen LogP contribution < -0.4 is 0 Å². The lowest BCUT2D eigenvalue weighted by atomic mass is 9.72. The summed E-state index contributed by atoms with van der Waals surface area (Å²) in [6.45, 7) is 10.3. The molecule has 86 valence electrons. The number of ether oxygens (including phenoxy) is 1. The number of carbonyl (C=O) groups is 2. The molecule has 0 saturated carbocycles. The summed E-state index contributed by atoms with van der Waals surface area (Å²) in [6, 6.07) is 0. The van der Waals surface area contributed by atoms with Crippen molar-refractivity contribution in [1.29, 1.82) is 0 Å². The molecule has 0 aromatic rings. The molecule has 0 bridgehead atoms. The molecule has 0 spiro atoms. The summed E-state index contributed by atoms with van der Waals surface area (Å²) in [6.07, 6.45) is 0. The van der Waals surface area contributed by atoms with Crippen LogP contribution in [0.15, 0.2) is 12.2 Å². The quantitative estimate of drug-likeness (QED) is 0.431. The Hall–Kier alpha value is -1.32. The zero-order valence-corrected chi connectivity index (χ0v) is 9.66. The Bertz CT molecular complexity index is 264. The lowest BCUT2D eigenvalue weighted by molar-refractivity contribution is -0.168. The fourth-order valence-corrected chi connectivity index (χ4v) is 1.66. The molecule has 0 aliphatic heterocycles. The van der Waals surface area contributed by atoms with Crippen molar-refractivity contribution in [2.45, 2.75) is 27.7 Å². The highest BCUT2D eigenvalue weighted by molar-refractivity contribution is 6.02. The van der Waals surface area contributed by atoms with E-state index in [0.717, 1.165) is 0 Å². The van der Waals surface area contributed by atoms with Gasteiger partial charge < -0.3 is 9.84 Å². The second-order valence-electron chi connectivity index (χ2n) is 3.77. The lowest BCUT2D eigenvalue weighted by Crippen LogP contribution is -2.45. The van der Waals surface area contributed by atoms with Gasteiger partial charge in [0.1, 0.15) is 0 Å². The number of hydrogen-bond donors (Lipinski definition) is 1. The second kappa shape index (κ2) is 4.96. The molecule has 0 radical (unpaired) electrons. The zero-order chi connectivity index (χ0) is 12.2. The van der Waals surface area contributed by atoms with Gasteiger partial charge in [-0.15, -0.1) is 0 Å². The van der Waals surface area contributed by atoms with E-state index in [9.17, 15) is 14.7 Å². The summed E-state index contributed by atoms with van der Waals surface area (Å²) in [5.74, 6) is -2.34. The van der Waals surface area contributed by atoms with E-state index in [1.54, 1.807) is 20.8 Å². The van der Waals surface area contributed by atoms with E-state index in [-0.39, 0.29) is 6.61 Å². The zero-order valence-electron chi connectivity index (χ0n) is 9.66. The van der Waals surface area contributed by atoms with Crippen molar-refractivity contribution in [2.24, 2.45) is 11.3 Å². The Labute approximate surface area is 89.9 Å². The molecule has 0 aromatic heterocycles. The fraction of sp³-hybridized carbons (Fsp3) is 0.636. The van der Waals surface area contributed by atoms with Crippen LogP contribution in [0.5, 0.6) is 0 Å². The summed E-state index contributed by atoms with van der Waals surface area (Å²) in [5, 5.41) is 9.20. The van der Waals surface area contributed by atoms with Crippen molar-refractivity contribution in [1.82, 2.24) is 0 Å². The molecule has 0 saturated heterocycles. The van der Waals surface area contributed by atoms with Gasteiger partial charge in [-0.3, -0.25) is 9.59 Å². The van der Waals surface area contributed by atoms with Crippen LogP contribution in [0, 0.1) is 11.3 Å². The van der Waals surface area contributed by atoms with Crippen LogP contribution in [0.25, 0.3) is 0 Å². The van der Waals surface area contributed by atoms with Crippen molar-refractivity contribution in [2.75, 3.05) is 6.61 Å². The van der Waals surface area contributed by atoms with E-state index in [4.69, 9.17) is 4.74 Å². The van der Waals surface area contributed by atoms with E-state index in [1.165, 1.54) is 6.92 Å². The van der Waals surface area contributed by atoms with Crippen LogP contribution in [0.2, 0.25) is 0 Å². The van der Waals surface area contributed by atoms with E-state index in [1.807, 2.05) is 0 Å². The highest BCUT2D eigenvalue weighted by atomic mass is 16.5. The van der Waals surface area contributed by atoms with Crippen molar-refractivity contribution in [3.8, 4) is 0 Å². The van der Waals surface area contributed by atoms with Gasteiger partial charge in [0.15, 0.2) is 5.41 Å². The number of carboxylic acid groups (broad SMARTS) is 1. The molecular formula is C11H18O4. The third kappa shape index (κ3) is 2.19. The van der Waals surface area contributed by atoms with Gasteiger partial charge in [-0.2, -0.15) is 0 Å². The van der Waals surface area contributed by atoms with Crippen molar-refractivity contribution in [3.05, 3.63) is 12.2 Å². The normalized spacial score (nSPS) is 14.5. The Morgan fingerprint density at radius 1 is 1.47 bits per heavy atom. The smallest absolute Gasteiger partial charge is 0.327 e. The van der Waals surface area contributed by atoms with Gasteiger partial charge in [0.2, 0.25) is 0 Å². The highest BCUT2D eigenvalue weighted by Gasteiger charge is 2.51. The highest BCUT2D eigenvalue weighted by Crippen LogP contribution is 2.36. The van der Waals surface area contributed by atoms with Crippen LogP contribution in [-0.2, 0) is 14.3 Å². The predicted octanol–water partition coefficient (Wildman–Crippen LogP) is 1.85. The lowest BCUT2D eigenvalue weighted by Gasteiger charge is -2.31. The first-order valence-corrected chi connectivity index (χ1v) is 4.88. The molecule has 0 amide bonds. The molecule has 4 nitrogen and oxygen atoms in total. The van der Waals surface area contributed by atoms with Crippen LogP contribution in [0.4, 0.5) is 0 Å². The van der Waals surface area contributed by atoms with Gasteiger partial charge in [-0.05, 0) is 19.8 Å². The SMILES string of the molecule is C=C(C)C(C(=O)O)(C(=O)OCC)C(C)C. The van der Waals surface area contributed by atoms with Crippen molar-refractivity contribution >= 4 is 11.9 Å². The maximum absolute atomic E-state index is 11.7. The standard InChI is InChI=1S/C11H18O4/c1-6-15-10(14)11(7(2)3,8(4)5)9(12)13/h8H,2,6H2,1,3-5H3,(H,12,13). The molecule has 0 aliphatic carbocycles. The van der Waals surface area contributed by atoms with Crippen LogP contribution >= 0.6 is 0 Å². The van der Waals surface area contributed by atoms with Gasteiger partial charge in [-0.1, -0.05) is 26.0 Å². The molecule has 1 atom stereocenters. The minimum absolute atomic E-state index is 0.161. The van der Waals surface area contributed by atoms with Crippen molar-refractivity contribution < 1.29 is 19.4 Å². The number of hydrogen-bond acceptors (Lipinski definition) is 3. The third-order valence-corrected chi connectivity index (χ3v) is 2.47. The van der Waals surface area contributed by atoms with E-state index in [2.05, 4.69) is 6.58 Å². The molecule has 0 heterocycles. The van der Waals surface area contributed by atoms with Crippen LogP contribution in [0.1, 0.15) is 27.7 Å². The summed E-state index contributed by atoms with van der Waals surface area (Å²) >= 11 is 0. The summed E-state index contributed by atoms with van der Waals surface area (Å²) in [7, 11) is 0. The number of esters is 1. The molecule has 4 heteroatoms. The largest absolute Gasteiger partial charge is 0.480 e. The van der Waals surface area contributed by atoms with Gasteiger partial charge >= 0.3 is 11.9 Å². The van der Waals surface area contributed by atoms with Crippen LogP contribution in [0.3, 0.4) is 0 Å². The molecule has 15 heavy (non-hydrogen) atoms. The number of carboxylic acids is 1. The van der Waals surface area contributed by atoms with Gasteiger partial charge in [0.25, 0.3) is 0 Å². The summed E-state index contributed by atoms with van der Waals surface area (Å²) in [4.78, 5) is 23.0. The van der Waals surface area contributed by atoms with Gasteiger partial charge in [0.05, 0.1) is 6.61 Å². The molecule has 0 aliphatic rings. The molecular weight excluding hydrogens is 196 g/mol. The van der Waals surface area contributed by atoms with E-state index < -0.39 is 23.3 Å². The van der Waals surface area contributed by atoms with Gasteiger partial charge in [0, 0.05) is 0 Å². The average Bonchev–Trinajstić information content (AvgIpc) is 2.02. The Balaban J connectivity index is 5.43. The maximum atomic E-state index is 11.7. The van der Waals surface area contributed by atoms with E-state index >= 15 is 0 Å². The van der Waals surface area contributed by atoms with Crippen molar-refractivity contribution in [3.63, 3.8) is 0 Å². The number of carbonyl (C=O) groups excluding carboxylic acids is 1. The number of aliphatic carboxylic acids is 1. The molecule has 0 aromatic carbocycles. The average molecular weight is 214 g/mol. The molecule has 0 fully saturated rings. The molecule has 0 rings (SSSR count). The van der Waals surface area contributed by atoms with E-state index in [0.29, 0.717) is 5.57 Å². The first-order valence-electron chi connectivity index (χ1n) is 4.88. The monoisotopic (exact) mass is 214 g/mol. The minimum atomic E-state index is -1.63. The molecule has 1 unspecified atom stereocenters. The summed E-state index contributed by atoms with van der Waals surface area (Å²) < 4.78 is 4.81. The summed E-state index contributed by atoms with van der Waals surface area (Å²) in [5.41, 5.74) is -1.33. The first kappa shape index (κ1) is 13.7. The Kier molecular flexibility index (Phi) is 4.52. The number of rotatable bonds is 5. The Morgan fingerprint density at radius 2 is 1.93 bits per heavy atom. The minimum Gasteiger partial charge on any atom is -0.480 e. The predicted molar refractivity (Wildman–Crippen MR) is 56.4 cm³/mol. The first-order chi connectivity index (χ1) is 6.81. The third-order valence-electron chi connectivity index (χ3n) is 2.47. The topological polar surface area (TPSA) is 63.6 Å².